The molecule has 0 saturated carbocycles. The lowest BCUT2D eigenvalue weighted by molar-refractivity contribution is -0.138. The highest BCUT2D eigenvalue weighted by Gasteiger charge is 2.40. The van der Waals surface area contributed by atoms with E-state index in [1.807, 2.05) is 0 Å². The van der Waals surface area contributed by atoms with Crippen LogP contribution in [0.2, 0.25) is 0 Å². The van der Waals surface area contributed by atoms with E-state index < -0.39 is 27.9 Å². The molecular weight excluding hydrogens is 367 g/mol. The van der Waals surface area contributed by atoms with E-state index in [4.69, 9.17) is 14.6 Å². The van der Waals surface area contributed by atoms with Gasteiger partial charge in [0.2, 0.25) is 10.0 Å². The summed E-state index contributed by atoms with van der Waals surface area (Å²) in [4.78, 5) is 12.6. The van der Waals surface area contributed by atoms with E-state index >= 15 is 0 Å². The molecule has 3 rings (SSSR count). The Labute approximate surface area is 151 Å². The molecule has 0 spiro atoms. The van der Waals surface area contributed by atoms with Gasteiger partial charge in [-0.25, -0.2) is 12.8 Å². The van der Waals surface area contributed by atoms with Crippen molar-refractivity contribution < 1.29 is 32.2 Å². The minimum absolute atomic E-state index is 0.0328. The van der Waals surface area contributed by atoms with E-state index in [0.29, 0.717) is 13.2 Å². The van der Waals surface area contributed by atoms with Crippen molar-refractivity contribution >= 4 is 16.0 Å². The lowest BCUT2D eigenvalue weighted by Crippen LogP contribution is -2.47. The van der Waals surface area contributed by atoms with Gasteiger partial charge in [-0.15, -0.1) is 0 Å². The van der Waals surface area contributed by atoms with Crippen molar-refractivity contribution in [2.75, 3.05) is 46.5 Å². The van der Waals surface area contributed by atoms with E-state index in [0.717, 1.165) is 6.07 Å². The molecule has 2 bridgehead atoms. The van der Waals surface area contributed by atoms with E-state index in [1.165, 1.54) is 23.5 Å². The summed E-state index contributed by atoms with van der Waals surface area (Å²) in [7, 11) is -2.65. The molecule has 144 valence electrons. The number of hydrogen-bond donors (Lipinski definition) is 1. The van der Waals surface area contributed by atoms with Gasteiger partial charge in [0, 0.05) is 25.6 Å². The molecule has 8 nitrogen and oxygen atoms in total. The van der Waals surface area contributed by atoms with Crippen LogP contribution in [-0.2, 0) is 19.6 Å². The molecule has 1 aromatic carbocycles. The van der Waals surface area contributed by atoms with Crippen LogP contribution in [0.25, 0.3) is 0 Å². The molecule has 1 aromatic rings. The number of halogens is 1. The molecule has 0 amide bonds. The second-order valence-corrected chi connectivity index (χ2v) is 8.41. The number of fused-ring (bicyclic) bond motifs is 3. The Kier molecular flexibility index (Phi) is 5.47. The number of carbonyl (C=O) groups is 1. The number of sulfonamides is 1. The third-order valence-electron chi connectivity index (χ3n) is 4.58. The summed E-state index contributed by atoms with van der Waals surface area (Å²) in [5.74, 6) is -1.90. The number of hydrogen-bond acceptors (Lipinski definition) is 6. The zero-order valence-electron chi connectivity index (χ0n) is 14.3. The molecule has 0 aromatic heterocycles. The molecular formula is C16H21FN2O6S. The molecule has 0 radical (unpaired) electrons. The van der Waals surface area contributed by atoms with Crippen LogP contribution in [-0.4, -0.2) is 81.2 Å². The summed E-state index contributed by atoms with van der Waals surface area (Å²) in [5, 5.41) is 9.05. The quantitative estimate of drug-likeness (QED) is 0.772. The maximum atomic E-state index is 14.0. The standard InChI is InChI=1S/C16H21FN2O6S/c1-24-15-3-2-13(4-14(15)17)26(22,23)19-6-11-5-18(8-16(20)21)7-12(19)10-25-9-11/h2-4,11-12H,5-10H2,1H3,(H,20,21)/t11-,12-/m0/s1. The van der Waals surface area contributed by atoms with Crippen molar-refractivity contribution in [2.45, 2.75) is 10.9 Å². The van der Waals surface area contributed by atoms with E-state index in [-0.39, 0.29) is 42.8 Å². The van der Waals surface area contributed by atoms with Crippen LogP contribution < -0.4 is 4.74 Å². The van der Waals surface area contributed by atoms with Crippen LogP contribution in [0.3, 0.4) is 0 Å². The van der Waals surface area contributed by atoms with Crippen LogP contribution in [0.5, 0.6) is 5.75 Å². The fourth-order valence-corrected chi connectivity index (χ4v) is 5.15. The zero-order valence-corrected chi connectivity index (χ0v) is 15.1. The lowest BCUT2D eigenvalue weighted by atomic mass is 10.1. The van der Waals surface area contributed by atoms with Gasteiger partial charge < -0.3 is 14.6 Å². The van der Waals surface area contributed by atoms with Crippen molar-refractivity contribution in [3.05, 3.63) is 24.0 Å². The van der Waals surface area contributed by atoms with Gasteiger partial charge in [0.15, 0.2) is 11.6 Å². The van der Waals surface area contributed by atoms with Gasteiger partial charge in [-0.1, -0.05) is 0 Å². The second-order valence-electron chi connectivity index (χ2n) is 6.52. The Morgan fingerprint density at radius 1 is 1.35 bits per heavy atom. The highest BCUT2D eigenvalue weighted by molar-refractivity contribution is 7.89. The van der Waals surface area contributed by atoms with Crippen LogP contribution >= 0.6 is 0 Å². The van der Waals surface area contributed by atoms with Crippen LogP contribution in [0, 0.1) is 11.7 Å². The van der Waals surface area contributed by atoms with Gasteiger partial charge >= 0.3 is 5.97 Å². The molecule has 2 heterocycles. The SMILES string of the molecule is COc1ccc(S(=O)(=O)N2C[C@H]3COC[C@@H]2CN(CC(=O)O)C3)cc1F. The predicted octanol–water partition coefficient (Wildman–Crippen LogP) is 0.240. The number of methoxy groups -OCH3 is 1. The van der Waals surface area contributed by atoms with Gasteiger partial charge in [-0.2, -0.15) is 4.31 Å². The average molecular weight is 388 g/mol. The molecule has 2 saturated heterocycles. The number of nitrogens with zero attached hydrogens (tertiary/aromatic N) is 2. The molecule has 2 fully saturated rings. The smallest absolute Gasteiger partial charge is 0.317 e. The molecule has 2 atom stereocenters. The third-order valence-corrected chi connectivity index (χ3v) is 6.50. The second kappa shape index (κ2) is 7.47. The zero-order chi connectivity index (χ0) is 18.9. The summed E-state index contributed by atoms with van der Waals surface area (Å²) in [6, 6.07) is 3.00. The average Bonchev–Trinajstić information content (AvgIpc) is 2.85. The van der Waals surface area contributed by atoms with Gasteiger partial charge in [0.25, 0.3) is 0 Å². The number of carboxylic acid groups (broad SMARTS) is 1. The van der Waals surface area contributed by atoms with Crippen molar-refractivity contribution in [1.82, 2.24) is 9.21 Å². The van der Waals surface area contributed by atoms with Crippen LogP contribution in [0.15, 0.2) is 23.1 Å². The van der Waals surface area contributed by atoms with Crippen molar-refractivity contribution in [1.29, 1.82) is 0 Å². The molecule has 26 heavy (non-hydrogen) atoms. The van der Waals surface area contributed by atoms with Crippen LogP contribution in [0.1, 0.15) is 0 Å². The van der Waals surface area contributed by atoms with E-state index in [2.05, 4.69) is 0 Å². The van der Waals surface area contributed by atoms with Gasteiger partial charge in [0.05, 0.1) is 37.8 Å². The number of ether oxygens (including phenoxy) is 2. The van der Waals surface area contributed by atoms with E-state index in [1.54, 1.807) is 4.90 Å². The number of rotatable bonds is 5. The maximum Gasteiger partial charge on any atom is 0.317 e. The molecule has 10 heteroatoms. The van der Waals surface area contributed by atoms with Gasteiger partial charge in [-0.3, -0.25) is 9.69 Å². The molecule has 0 aliphatic carbocycles. The fourth-order valence-electron chi connectivity index (χ4n) is 3.46. The third kappa shape index (κ3) is 3.83. The monoisotopic (exact) mass is 388 g/mol. The highest BCUT2D eigenvalue weighted by Crippen LogP contribution is 2.28. The summed E-state index contributed by atoms with van der Waals surface area (Å²) >= 11 is 0. The fraction of sp³-hybridized carbons (Fsp3) is 0.562. The van der Waals surface area contributed by atoms with Crippen molar-refractivity contribution in [3.63, 3.8) is 0 Å². The Bertz CT molecular complexity index is 787. The number of benzene rings is 1. The van der Waals surface area contributed by atoms with Crippen molar-refractivity contribution in [2.24, 2.45) is 5.92 Å². The number of aliphatic carboxylic acids is 1. The molecule has 2 aliphatic rings. The Hall–Kier alpha value is -1.75. The first-order chi connectivity index (χ1) is 12.3. The van der Waals surface area contributed by atoms with Crippen molar-refractivity contribution in [3.8, 4) is 5.75 Å². The predicted molar refractivity (Wildman–Crippen MR) is 89.0 cm³/mol. The normalized spacial score (nSPS) is 24.8. The first kappa shape index (κ1) is 19.0. The Balaban J connectivity index is 1.91. The van der Waals surface area contributed by atoms with Gasteiger partial charge in [-0.05, 0) is 18.2 Å². The lowest BCUT2D eigenvalue weighted by Gasteiger charge is -2.30. The Morgan fingerprint density at radius 3 is 2.77 bits per heavy atom. The molecule has 0 unspecified atom stereocenters. The topological polar surface area (TPSA) is 96.4 Å². The van der Waals surface area contributed by atoms with Gasteiger partial charge in [0.1, 0.15) is 0 Å². The largest absolute Gasteiger partial charge is 0.494 e. The summed E-state index contributed by atoms with van der Waals surface area (Å²) in [6.07, 6.45) is 0. The maximum absolute atomic E-state index is 14.0. The molecule has 2 aliphatic heterocycles. The minimum atomic E-state index is -3.96. The first-order valence-electron chi connectivity index (χ1n) is 8.18. The Morgan fingerprint density at radius 2 is 2.12 bits per heavy atom. The summed E-state index contributed by atoms with van der Waals surface area (Å²) in [5.41, 5.74) is 0. The van der Waals surface area contributed by atoms with E-state index in [9.17, 15) is 17.6 Å². The first-order valence-corrected chi connectivity index (χ1v) is 9.62. The number of carboxylic acids is 1. The highest BCUT2D eigenvalue weighted by atomic mass is 32.2. The minimum Gasteiger partial charge on any atom is -0.494 e. The summed E-state index contributed by atoms with van der Waals surface area (Å²) in [6.45, 7) is 1.27. The van der Waals surface area contributed by atoms with Crippen LogP contribution in [0.4, 0.5) is 4.39 Å². The molecule has 1 N–H and O–H groups in total. The summed E-state index contributed by atoms with van der Waals surface area (Å²) < 4.78 is 51.9.